The molecule has 0 aliphatic carbocycles. The number of anilines is 1. The Kier molecular flexibility index (Phi) is 3.21. The zero-order chi connectivity index (χ0) is 13.9. The first-order valence-electron chi connectivity index (χ1n) is 6.34. The van der Waals surface area contributed by atoms with Crippen LogP contribution in [0, 0.1) is 5.82 Å². The van der Waals surface area contributed by atoms with Gasteiger partial charge in [-0.15, -0.1) is 0 Å². The second-order valence-corrected chi connectivity index (χ2v) is 4.64. The fraction of sp³-hybridized carbons (Fsp3) is 0.0625. The molecule has 0 bridgehead atoms. The summed E-state index contributed by atoms with van der Waals surface area (Å²) in [5, 5.41) is 4.30. The van der Waals surface area contributed by atoms with E-state index in [4.69, 9.17) is 5.73 Å². The average molecular weight is 267 g/mol. The van der Waals surface area contributed by atoms with Gasteiger partial charge in [-0.2, -0.15) is 5.10 Å². The summed E-state index contributed by atoms with van der Waals surface area (Å²) in [7, 11) is 0. The number of aromatic nitrogens is 2. The fourth-order valence-electron chi connectivity index (χ4n) is 2.12. The number of nitrogens with zero attached hydrogens (tertiary/aromatic N) is 2. The maximum atomic E-state index is 13.2. The molecule has 3 aromatic rings. The van der Waals surface area contributed by atoms with Gasteiger partial charge in [-0.25, -0.2) is 4.39 Å². The lowest BCUT2D eigenvalue weighted by molar-refractivity contribution is 0.620. The molecule has 1 heterocycles. The maximum absolute atomic E-state index is 13.2. The van der Waals surface area contributed by atoms with Crippen molar-refractivity contribution >= 4 is 5.69 Å². The van der Waals surface area contributed by atoms with Crippen LogP contribution < -0.4 is 5.73 Å². The molecule has 0 radical (unpaired) electrons. The predicted octanol–water partition coefficient (Wildman–Crippen LogP) is 3.32. The lowest BCUT2D eigenvalue weighted by Crippen LogP contribution is -2.03. The first-order chi connectivity index (χ1) is 9.72. The molecule has 3 rings (SSSR count). The molecule has 0 saturated heterocycles. The van der Waals surface area contributed by atoms with Crippen molar-refractivity contribution in [3.8, 4) is 11.1 Å². The van der Waals surface area contributed by atoms with Crippen LogP contribution >= 0.6 is 0 Å². The smallest absolute Gasteiger partial charge is 0.123 e. The van der Waals surface area contributed by atoms with E-state index in [-0.39, 0.29) is 5.82 Å². The van der Waals surface area contributed by atoms with E-state index in [2.05, 4.69) is 5.10 Å². The summed E-state index contributed by atoms with van der Waals surface area (Å²) >= 11 is 0. The first kappa shape index (κ1) is 12.4. The molecular weight excluding hydrogens is 253 g/mol. The topological polar surface area (TPSA) is 43.8 Å². The van der Waals surface area contributed by atoms with Crippen LogP contribution in [0.3, 0.4) is 0 Å². The van der Waals surface area contributed by atoms with Crippen LogP contribution in [0.15, 0.2) is 60.9 Å². The number of nitrogen functional groups attached to an aromatic ring is 1. The molecule has 1 aromatic heterocycles. The van der Waals surface area contributed by atoms with E-state index in [1.54, 1.807) is 16.9 Å². The molecule has 2 N–H and O–H groups in total. The average Bonchev–Trinajstić information content (AvgIpc) is 2.92. The van der Waals surface area contributed by atoms with Crippen LogP contribution in [0.1, 0.15) is 5.56 Å². The Labute approximate surface area is 116 Å². The van der Waals surface area contributed by atoms with Crippen LogP contribution in [-0.2, 0) is 6.54 Å². The Bertz CT molecular complexity index is 720. The van der Waals surface area contributed by atoms with E-state index in [0.29, 0.717) is 12.2 Å². The molecule has 0 aliphatic heterocycles. The lowest BCUT2D eigenvalue weighted by Gasteiger charge is -2.05. The van der Waals surface area contributed by atoms with Crippen molar-refractivity contribution in [3.63, 3.8) is 0 Å². The molecular formula is C16H14FN3. The highest BCUT2D eigenvalue weighted by Crippen LogP contribution is 2.19. The molecule has 0 unspecified atom stereocenters. The van der Waals surface area contributed by atoms with Crippen LogP contribution in [-0.4, -0.2) is 9.78 Å². The van der Waals surface area contributed by atoms with Crippen molar-refractivity contribution in [3.05, 3.63) is 72.3 Å². The van der Waals surface area contributed by atoms with Crippen molar-refractivity contribution in [1.82, 2.24) is 9.78 Å². The van der Waals surface area contributed by atoms with Gasteiger partial charge in [0.25, 0.3) is 0 Å². The molecule has 100 valence electrons. The molecule has 0 spiro atoms. The van der Waals surface area contributed by atoms with Crippen molar-refractivity contribution in [2.24, 2.45) is 0 Å². The van der Waals surface area contributed by atoms with Gasteiger partial charge in [-0.1, -0.05) is 30.3 Å². The highest BCUT2D eigenvalue weighted by Gasteiger charge is 2.05. The predicted molar refractivity (Wildman–Crippen MR) is 77.6 cm³/mol. The van der Waals surface area contributed by atoms with Crippen LogP contribution in [0.5, 0.6) is 0 Å². The van der Waals surface area contributed by atoms with Crippen LogP contribution in [0.4, 0.5) is 10.1 Å². The number of hydrogen-bond acceptors (Lipinski definition) is 2. The highest BCUT2D eigenvalue weighted by atomic mass is 19.1. The Morgan fingerprint density at radius 2 is 1.85 bits per heavy atom. The van der Waals surface area contributed by atoms with E-state index >= 15 is 0 Å². The molecule has 4 heteroatoms. The molecule has 0 amide bonds. The number of halogens is 1. The molecule has 0 aliphatic rings. The summed E-state index contributed by atoms with van der Waals surface area (Å²) in [6.07, 6.45) is 3.73. The minimum atomic E-state index is -0.287. The maximum Gasteiger partial charge on any atom is 0.123 e. The van der Waals surface area contributed by atoms with Crippen molar-refractivity contribution < 1.29 is 4.39 Å². The molecule has 20 heavy (non-hydrogen) atoms. The van der Waals surface area contributed by atoms with Gasteiger partial charge in [0.15, 0.2) is 0 Å². The third-order valence-corrected chi connectivity index (χ3v) is 3.18. The van der Waals surface area contributed by atoms with Gasteiger partial charge < -0.3 is 5.73 Å². The van der Waals surface area contributed by atoms with Crippen molar-refractivity contribution in [2.45, 2.75) is 6.54 Å². The second-order valence-electron chi connectivity index (χ2n) is 4.64. The van der Waals surface area contributed by atoms with Crippen molar-refractivity contribution in [2.75, 3.05) is 5.73 Å². The molecule has 0 fully saturated rings. The van der Waals surface area contributed by atoms with E-state index in [1.165, 1.54) is 12.1 Å². The third-order valence-electron chi connectivity index (χ3n) is 3.18. The van der Waals surface area contributed by atoms with Gasteiger partial charge in [0, 0.05) is 17.4 Å². The SMILES string of the molecule is Nc1ccc(F)cc1Cn1cc(-c2ccccc2)cn1. The Balaban J connectivity index is 1.86. The Hall–Kier alpha value is -2.62. The summed E-state index contributed by atoms with van der Waals surface area (Å²) in [5.41, 5.74) is 9.28. The van der Waals surface area contributed by atoms with Crippen LogP contribution in [0.2, 0.25) is 0 Å². The standard InChI is InChI=1S/C16H14FN3/c17-15-6-7-16(18)13(8-15)10-20-11-14(9-19-20)12-4-2-1-3-5-12/h1-9,11H,10,18H2. The number of rotatable bonds is 3. The lowest BCUT2D eigenvalue weighted by atomic mass is 10.1. The van der Waals surface area contributed by atoms with Gasteiger partial charge in [0.1, 0.15) is 5.82 Å². The third kappa shape index (κ3) is 2.54. The summed E-state index contributed by atoms with van der Waals surface area (Å²) in [4.78, 5) is 0. The van der Waals surface area contributed by atoms with E-state index in [9.17, 15) is 4.39 Å². The second kappa shape index (κ2) is 5.17. The molecule has 2 aromatic carbocycles. The van der Waals surface area contributed by atoms with Gasteiger partial charge >= 0.3 is 0 Å². The van der Waals surface area contributed by atoms with E-state index in [1.807, 2.05) is 36.5 Å². The largest absolute Gasteiger partial charge is 0.398 e. The normalized spacial score (nSPS) is 10.7. The first-order valence-corrected chi connectivity index (χ1v) is 6.34. The summed E-state index contributed by atoms with van der Waals surface area (Å²) < 4.78 is 15.0. The van der Waals surface area contributed by atoms with Gasteiger partial charge in [-0.3, -0.25) is 4.68 Å². The fourth-order valence-corrected chi connectivity index (χ4v) is 2.12. The number of benzene rings is 2. The van der Waals surface area contributed by atoms with Crippen LogP contribution in [0.25, 0.3) is 11.1 Å². The minimum absolute atomic E-state index is 0.287. The zero-order valence-electron chi connectivity index (χ0n) is 10.8. The molecule has 3 nitrogen and oxygen atoms in total. The summed E-state index contributed by atoms with van der Waals surface area (Å²) in [6, 6.07) is 14.4. The van der Waals surface area contributed by atoms with Gasteiger partial charge in [0.2, 0.25) is 0 Å². The number of nitrogens with two attached hydrogens (primary N) is 1. The van der Waals surface area contributed by atoms with Crippen molar-refractivity contribution in [1.29, 1.82) is 0 Å². The minimum Gasteiger partial charge on any atom is -0.398 e. The molecule has 0 atom stereocenters. The summed E-state index contributed by atoms with van der Waals surface area (Å²) in [6.45, 7) is 0.455. The Morgan fingerprint density at radius 3 is 2.65 bits per heavy atom. The summed E-state index contributed by atoms with van der Waals surface area (Å²) in [5.74, 6) is -0.287. The van der Waals surface area contributed by atoms with E-state index < -0.39 is 0 Å². The van der Waals surface area contributed by atoms with Gasteiger partial charge in [-0.05, 0) is 29.3 Å². The monoisotopic (exact) mass is 267 g/mol. The number of hydrogen-bond donors (Lipinski definition) is 1. The quantitative estimate of drug-likeness (QED) is 0.740. The zero-order valence-corrected chi connectivity index (χ0v) is 10.8. The highest BCUT2D eigenvalue weighted by molar-refractivity contribution is 5.61. The molecule has 0 saturated carbocycles. The Morgan fingerprint density at radius 1 is 1.05 bits per heavy atom. The van der Waals surface area contributed by atoms with Gasteiger partial charge in [0.05, 0.1) is 12.7 Å². The van der Waals surface area contributed by atoms with E-state index in [0.717, 1.165) is 16.7 Å².